The van der Waals surface area contributed by atoms with Gasteiger partial charge < -0.3 is 5.32 Å². The molecule has 0 unspecified atom stereocenters. The lowest BCUT2D eigenvalue weighted by Crippen LogP contribution is -2.02. The van der Waals surface area contributed by atoms with E-state index in [1.807, 2.05) is 12.3 Å². The van der Waals surface area contributed by atoms with Crippen molar-refractivity contribution in [3.63, 3.8) is 0 Å². The maximum atomic E-state index is 4.49. The maximum Gasteiger partial charge on any atom is 0.0751 e. The van der Waals surface area contributed by atoms with Crippen LogP contribution in [0.3, 0.4) is 0 Å². The number of hydrogen-bond acceptors (Lipinski definition) is 2. The summed E-state index contributed by atoms with van der Waals surface area (Å²) in [7, 11) is 0. The van der Waals surface area contributed by atoms with E-state index in [2.05, 4.69) is 66.6 Å². The molecule has 2 aromatic carbocycles. The molecule has 1 heterocycles. The normalized spacial score (nSPS) is 10.7. The van der Waals surface area contributed by atoms with Crippen molar-refractivity contribution in [1.29, 1.82) is 0 Å². The summed E-state index contributed by atoms with van der Waals surface area (Å²) < 4.78 is 0. The minimum absolute atomic E-state index is 0.790. The number of pyridine rings is 1. The summed E-state index contributed by atoms with van der Waals surface area (Å²) in [5, 5.41) is 4.71. The van der Waals surface area contributed by atoms with Crippen LogP contribution in [0.5, 0.6) is 0 Å². The Kier molecular flexibility index (Phi) is 3.38. The molecule has 0 aliphatic carbocycles. The Morgan fingerprint density at radius 1 is 1.00 bits per heavy atom. The van der Waals surface area contributed by atoms with Crippen LogP contribution >= 0.6 is 0 Å². The number of benzene rings is 2. The average Bonchev–Trinajstić information content (AvgIpc) is 2.48. The third-order valence-electron chi connectivity index (χ3n) is 3.58. The molecule has 20 heavy (non-hydrogen) atoms. The molecule has 0 spiro atoms. The van der Waals surface area contributed by atoms with Gasteiger partial charge in [0.05, 0.1) is 5.52 Å². The van der Waals surface area contributed by atoms with Gasteiger partial charge in [-0.15, -0.1) is 0 Å². The van der Waals surface area contributed by atoms with Crippen LogP contribution in [0.4, 0.5) is 5.69 Å². The maximum absolute atomic E-state index is 4.49. The zero-order valence-corrected chi connectivity index (χ0v) is 11.9. The molecule has 0 radical (unpaired) electrons. The van der Waals surface area contributed by atoms with Crippen LogP contribution in [0.1, 0.15) is 16.7 Å². The van der Waals surface area contributed by atoms with Crippen LogP contribution in [-0.2, 0) is 6.54 Å². The Labute approximate surface area is 119 Å². The van der Waals surface area contributed by atoms with E-state index in [4.69, 9.17) is 0 Å². The molecule has 2 heteroatoms. The molecule has 0 amide bonds. The van der Waals surface area contributed by atoms with Gasteiger partial charge in [0.15, 0.2) is 0 Å². The summed E-state index contributed by atoms with van der Waals surface area (Å²) in [4.78, 5) is 4.49. The molecule has 0 bridgehead atoms. The highest BCUT2D eigenvalue weighted by atomic mass is 14.9. The average molecular weight is 262 g/mol. The van der Waals surface area contributed by atoms with Gasteiger partial charge in [-0.1, -0.05) is 36.4 Å². The zero-order valence-electron chi connectivity index (χ0n) is 11.9. The van der Waals surface area contributed by atoms with Gasteiger partial charge in [0, 0.05) is 23.8 Å². The number of nitrogens with one attached hydrogen (secondary N) is 1. The zero-order chi connectivity index (χ0) is 13.9. The van der Waals surface area contributed by atoms with E-state index in [1.54, 1.807) is 0 Å². The molecule has 3 rings (SSSR count). The molecule has 0 atom stereocenters. The number of rotatable bonds is 3. The second-order valence-electron chi connectivity index (χ2n) is 5.16. The molecule has 0 aliphatic heterocycles. The molecule has 0 saturated carbocycles. The molecular weight excluding hydrogens is 244 g/mol. The number of aromatic nitrogens is 1. The largest absolute Gasteiger partial charge is 0.381 e. The topological polar surface area (TPSA) is 24.9 Å². The predicted octanol–water partition coefficient (Wildman–Crippen LogP) is 4.46. The molecule has 1 aromatic heterocycles. The molecule has 1 N–H and O–H groups in total. The van der Waals surface area contributed by atoms with E-state index in [1.165, 1.54) is 27.8 Å². The lowest BCUT2D eigenvalue weighted by Gasteiger charge is -2.11. The van der Waals surface area contributed by atoms with Crippen molar-refractivity contribution in [3.05, 3.63) is 71.4 Å². The number of para-hydroxylation sites is 1. The molecule has 0 aliphatic rings. The fourth-order valence-corrected chi connectivity index (χ4v) is 2.43. The SMILES string of the molecule is Cc1ccc(C)c(NCc2cccc3cccnc23)c1. The summed E-state index contributed by atoms with van der Waals surface area (Å²) in [6.45, 7) is 5.03. The van der Waals surface area contributed by atoms with Gasteiger partial charge in [0.1, 0.15) is 0 Å². The van der Waals surface area contributed by atoms with E-state index in [0.29, 0.717) is 0 Å². The van der Waals surface area contributed by atoms with E-state index in [0.717, 1.165) is 12.1 Å². The Morgan fingerprint density at radius 2 is 1.85 bits per heavy atom. The van der Waals surface area contributed by atoms with Crippen LogP contribution in [0.2, 0.25) is 0 Å². The second-order valence-corrected chi connectivity index (χ2v) is 5.16. The van der Waals surface area contributed by atoms with Gasteiger partial charge in [-0.25, -0.2) is 0 Å². The van der Waals surface area contributed by atoms with Crippen molar-refractivity contribution < 1.29 is 0 Å². The first-order valence-corrected chi connectivity index (χ1v) is 6.88. The van der Waals surface area contributed by atoms with Crippen LogP contribution in [0.15, 0.2) is 54.7 Å². The highest BCUT2D eigenvalue weighted by Crippen LogP contribution is 2.20. The molecule has 0 saturated heterocycles. The lowest BCUT2D eigenvalue weighted by molar-refractivity contribution is 1.14. The molecule has 2 nitrogen and oxygen atoms in total. The standard InChI is InChI=1S/C18H18N2/c1-13-8-9-14(2)17(11-13)20-12-16-6-3-5-15-7-4-10-19-18(15)16/h3-11,20H,12H2,1-2H3. The van der Waals surface area contributed by atoms with Gasteiger partial charge in [0.2, 0.25) is 0 Å². The Balaban J connectivity index is 1.89. The van der Waals surface area contributed by atoms with Crippen molar-refractivity contribution in [2.45, 2.75) is 20.4 Å². The van der Waals surface area contributed by atoms with Crippen LogP contribution in [0.25, 0.3) is 10.9 Å². The molecular formula is C18H18N2. The van der Waals surface area contributed by atoms with Gasteiger partial charge >= 0.3 is 0 Å². The number of hydrogen-bond donors (Lipinski definition) is 1. The second kappa shape index (κ2) is 5.33. The summed E-state index contributed by atoms with van der Waals surface area (Å²) in [5.74, 6) is 0. The minimum Gasteiger partial charge on any atom is -0.381 e. The van der Waals surface area contributed by atoms with Crippen molar-refractivity contribution in [1.82, 2.24) is 4.98 Å². The first-order valence-electron chi connectivity index (χ1n) is 6.88. The first-order chi connectivity index (χ1) is 9.74. The van der Waals surface area contributed by atoms with Crippen molar-refractivity contribution >= 4 is 16.6 Å². The summed E-state index contributed by atoms with van der Waals surface area (Å²) in [6.07, 6.45) is 1.85. The summed E-state index contributed by atoms with van der Waals surface area (Å²) in [5.41, 5.74) is 6.03. The van der Waals surface area contributed by atoms with Crippen molar-refractivity contribution in [2.24, 2.45) is 0 Å². The van der Waals surface area contributed by atoms with Gasteiger partial charge in [-0.3, -0.25) is 4.98 Å². The fourth-order valence-electron chi connectivity index (χ4n) is 2.43. The van der Waals surface area contributed by atoms with E-state index in [-0.39, 0.29) is 0 Å². The van der Waals surface area contributed by atoms with E-state index >= 15 is 0 Å². The van der Waals surface area contributed by atoms with Gasteiger partial charge in [-0.05, 0) is 42.7 Å². The van der Waals surface area contributed by atoms with E-state index < -0.39 is 0 Å². The summed E-state index contributed by atoms with van der Waals surface area (Å²) >= 11 is 0. The Morgan fingerprint density at radius 3 is 2.75 bits per heavy atom. The first kappa shape index (κ1) is 12.7. The monoisotopic (exact) mass is 262 g/mol. The summed E-state index contributed by atoms with van der Waals surface area (Å²) in [6, 6.07) is 16.9. The van der Waals surface area contributed by atoms with Crippen LogP contribution < -0.4 is 5.32 Å². The van der Waals surface area contributed by atoms with Crippen LogP contribution in [-0.4, -0.2) is 4.98 Å². The number of nitrogens with zero attached hydrogens (tertiary/aromatic N) is 1. The third-order valence-corrected chi connectivity index (χ3v) is 3.58. The van der Waals surface area contributed by atoms with Crippen molar-refractivity contribution in [2.75, 3.05) is 5.32 Å². The molecule has 0 fully saturated rings. The van der Waals surface area contributed by atoms with Gasteiger partial charge in [-0.2, -0.15) is 0 Å². The highest BCUT2D eigenvalue weighted by Gasteiger charge is 2.03. The lowest BCUT2D eigenvalue weighted by atomic mass is 10.1. The molecule has 3 aromatic rings. The van der Waals surface area contributed by atoms with Gasteiger partial charge in [0.25, 0.3) is 0 Å². The molecule has 100 valence electrons. The van der Waals surface area contributed by atoms with E-state index in [9.17, 15) is 0 Å². The van der Waals surface area contributed by atoms with Crippen LogP contribution in [0, 0.1) is 13.8 Å². The Bertz CT molecular complexity index is 742. The Hall–Kier alpha value is -2.35. The smallest absolute Gasteiger partial charge is 0.0751 e. The number of aryl methyl sites for hydroxylation is 2. The minimum atomic E-state index is 0.790. The fraction of sp³-hybridized carbons (Fsp3) is 0.167. The number of anilines is 1. The van der Waals surface area contributed by atoms with Crippen molar-refractivity contribution in [3.8, 4) is 0 Å². The highest BCUT2D eigenvalue weighted by molar-refractivity contribution is 5.81. The predicted molar refractivity (Wildman–Crippen MR) is 85.0 cm³/mol. The third kappa shape index (κ3) is 2.50. The quantitative estimate of drug-likeness (QED) is 0.753. The number of fused-ring (bicyclic) bond motifs is 1.